The molecule has 0 atom stereocenters. The van der Waals surface area contributed by atoms with Gasteiger partial charge in [0.25, 0.3) is 0 Å². The molecule has 1 N–H and O–H groups in total. The minimum absolute atomic E-state index is 0.0325. The number of hydrogen-bond acceptors (Lipinski definition) is 7. The van der Waals surface area contributed by atoms with Gasteiger partial charge in [0.15, 0.2) is 5.76 Å². The second-order valence-electron chi connectivity index (χ2n) is 9.69. The van der Waals surface area contributed by atoms with Crippen molar-refractivity contribution in [3.8, 4) is 17.2 Å². The predicted octanol–water partition coefficient (Wildman–Crippen LogP) is 7.93. The summed E-state index contributed by atoms with van der Waals surface area (Å²) in [5, 5.41) is 16.2. The Kier molecular flexibility index (Phi) is 9.47. The van der Waals surface area contributed by atoms with E-state index in [1.165, 1.54) is 18.3 Å². The molecule has 0 spiro atoms. The molecule has 224 valence electrons. The largest absolute Gasteiger partial charge is 0.486 e. The molecule has 44 heavy (non-hydrogen) atoms. The van der Waals surface area contributed by atoms with E-state index in [9.17, 15) is 14.9 Å². The molecule has 0 saturated carbocycles. The van der Waals surface area contributed by atoms with E-state index in [-0.39, 0.29) is 30.4 Å². The van der Waals surface area contributed by atoms with Crippen LogP contribution in [0.15, 0.2) is 98.9 Å². The topological polar surface area (TPSA) is 121 Å². The Morgan fingerprint density at radius 1 is 1.02 bits per heavy atom. The fourth-order valence-electron chi connectivity index (χ4n) is 4.44. The number of carbonyl (C=O) groups excluding carboxylic acids is 1. The summed E-state index contributed by atoms with van der Waals surface area (Å²) in [5.74, 6) is 0.590. The molecular formula is C32H26BrClN4O6. The van der Waals surface area contributed by atoms with E-state index in [4.69, 9.17) is 25.5 Å². The van der Waals surface area contributed by atoms with Crippen LogP contribution in [0.4, 0.5) is 5.69 Å². The molecule has 2 aromatic heterocycles. The molecule has 0 unspecified atom stereocenters. The van der Waals surface area contributed by atoms with Gasteiger partial charge < -0.3 is 18.5 Å². The number of ether oxygens (including phenoxy) is 2. The Labute approximate surface area is 266 Å². The summed E-state index contributed by atoms with van der Waals surface area (Å²) >= 11 is 9.49. The van der Waals surface area contributed by atoms with Crippen LogP contribution >= 0.6 is 27.5 Å². The van der Waals surface area contributed by atoms with Gasteiger partial charge in [-0.25, -0.2) is 5.43 Å². The van der Waals surface area contributed by atoms with Crippen LogP contribution in [0.2, 0.25) is 5.02 Å². The Balaban J connectivity index is 1.17. The summed E-state index contributed by atoms with van der Waals surface area (Å²) < 4.78 is 19.6. The van der Waals surface area contributed by atoms with Gasteiger partial charge in [-0.3, -0.25) is 14.9 Å². The summed E-state index contributed by atoms with van der Waals surface area (Å²) in [6.07, 6.45) is 1.28. The summed E-state index contributed by atoms with van der Waals surface area (Å²) in [7, 11) is 0. The van der Waals surface area contributed by atoms with Crippen LogP contribution < -0.4 is 14.9 Å². The van der Waals surface area contributed by atoms with E-state index in [1.807, 2.05) is 24.3 Å². The minimum Gasteiger partial charge on any atom is -0.486 e. The molecular weight excluding hydrogens is 652 g/mol. The SMILES string of the molecule is Cc1ccc(C)n1-c1ccc(OCc2ccc(C(=O)N/N=C/c3cc(Br)c(OCc4ccccc4Cl)c([N+](=O)[O-])c3)o2)cc1. The lowest BCUT2D eigenvalue weighted by Gasteiger charge is -2.10. The van der Waals surface area contributed by atoms with Gasteiger partial charge in [-0.15, -0.1) is 0 Å². The average Bonchev–Trinajstić information content (AvgIpc) is 3.62. The van der Waals surface area contributed by atoms with Crippen LogP contribution in [0.1, 0.15) is 38.8 Å². The van der Waals surface area contributed by atoms with Crippen molar-refractivity contribution in [2.75, 3.05) is 0 Å². The number of furan rings is 1. The first kappa shape index (κ1) is 30.6. The van der Waals surface area contributed by atoms with Gasteiger partial charge >= 0.3 is 11.6 Å². The minimum atomic E-state index is -0.595. The fraction of sp³-hybridized carbons (Fsp3) is 0.125. The lowest BCUT2D eigenvalue weighted by atomic mass is 10.2. The summed E-state index contributed by atoms with van der Waals surface area (Å²) in [6.45, 7) is 4.27. The third-order valence-corrected chi connectivity index (χ3v) is 7.54. The fourth-order valence-corrected chi connectivity index (χ4v) is 5.21. The summed E-state index contributed by atoms with van der Waals surface area (Å²) in [5.41, 5.74) is 6.45. The summed E-state index contributed by atoms with van der Waals surface area (Å²) in [6, 6.07) is 24.9. The van der Waals surface area contributed by atoms with Crippen LogP contribution in [0.25, 0.3) is 5.69 Å². The number of amides is 1. The van der Waals surface area contributed by atoms with E-state index in [1.54, 1.807) is 36.4 Å². The number of carbonyl (C=O) groups is 1. The molecule has 5 aromatic rings. The first-order chi connectivity index (χ1) is 21.2. The average molecular weight is 678 g/mol. The molecule has 5 rings (SSSR count). The number of nitrogens with zero attached hydrogens (tertiary/aromatic N) is 3. The number of nitrogens with one attached hydrogen (secondary N) is 1. The van der Waals surface area contributed by atoms with Gasteiger partial charge in [0, 0.05) is 39.3 Å². The second kappa shape index (κ2) is 13.6. The van der Waals surface area contributed by atoms with Gasteiger partial charge in [0.05, 0.1) is 15.6 Å². The number of hydrogen-bond donors (Lipinski definition) is 1. The van der Waals surface area contributed by atoms with Crippen molar-refractivity contribution in [1.82, 2.24) is 9.99 Å². The van der Waals surface area contributed by atoms with Crippen LogP contribution in [-0.4, -0.2) is 21.6 Å². The zero-order valence-electron chi connectivity index (χ0n) is 23.6. The maximum Gasteiger partial charge on any atom is 0.312 e. The quantitative estimate of drug-likeness (QED) is 0.0861. The van der Waals surface area contributed by atoms with E-state index in [0.717, 1.165) is 17.1 Å². The Hall–Kier alpha value is -4.87. The third kappa shape index (κ3) is 7.19. The normalized spacial score (nSPS) is 11.1. The number of rotatable bonds is 11. The first-order valence-corrected chi connectivity index (χ1v) is 14.5. The third-order valence-electron chi connectivity index (χ3n) is 6.59. The molecule has 0 aliphatic rings. The maximum absolute atomic E-state index is 12.6. The van der Waals surface area contributed by atoms with Crippen molar-refractivity contribution in [3.63, 3.8) is 0 Å². The molecule has 0 radical (unpaired) electrons. The number of nitro groups is 1. The lowest BCUT2D eigenvalue weighted by molar-refractivity contribution is -0.386. The number of halogens is 2. The molecule has 2 heterocycles. The highest BCUT2D eigenvalue weighted by Crippen LogP contribution is 2.37. The zero-order valence-corrected chi connectivity index (χ0v) is 26.0. The lowest BCUT2D eigenvalue weighted by Crippen LogP contribution is -2.16. The smallest absolute Gasteiger partial charge is 0.312 e. The standard InChI is InChI=1S/C32H26BrClN4O6/c1-20-7-8-21(2)37(20)24-9-11-25(12-10-24)42-19-26-13-14-30(44-26)32(39)36-35-17-22-15-27(33)31(29(16-22)38(40)41)43-18-23-5-3-4-6-28(23)34/h3-17H,18-19H2,1-2H3,(H,36,39)/b35-17+. The van der Waals surface area contributed by atoms with Gasteiger partial charge in [-0.2, -0.15) is 5.10 Å². The molecule has 0 aliphatic heterocycles. The molecule has 0 fully saturated rings. The van der Waals surface area contributed by atoms with Crippen LogP contribution in [0, 0.1) is 24.0 Å². The molecule has 10 nitrogen and oxygen atoms in total. The van der Waals surface area contributed by atoms with Crippen molar-refractivity contribution >= 4 is 45.3 Å². The van der Waals surface area contributed by atoms with Crippen molar-refractivity contribution in [1.29, 1.82) is 0 Å². The zero-order chi connectivity index (χ0) is 31.2. The van der Waals surface area contributed by atoms with E-state index in [2.05, 4.69) is 57.0 Å². The highest BCUT2D eigenvalue weighted by atomic mass is 79.9. The number of nitro benzene ring substituents is 1. The molecule has 0 aliphatic carbocycles. The highest BCUT2D eigenvalue weighted by Gasteiger charge is 2.21. The first-order valence-electron chi connectivity index (χ1n) is 13.3. The molecule has 3 aromatic carbocycles. The van der Waals surface area contributed by atoms with E-state index < -0.39 is 10.8 Å². The number of aromatic nitrogens is 1. The van der Waals surface area contributed by atoms with Crippen molar-refractivity contribution in [2.24, 2.45) is 5.10 Å². The highest BCUT2D eigenvalue weighted by molar-refractivity contribution is 9.10. The molecule has 12 heteroatoms. The predicted molar refractivity (Wildman–Crippen MR) is 170 cm³/mol. The molecule has 0 bridgehead atoms. The van der Waals surface area contributed by atoms with E-state index >= 15 is 0 Å². The summed E-state index contributed by atoms with van der Waals surface area (Å²) in [4.78, 5) is 23.7. The van der Waals surface area contributed by atoms with Gasteiger partial charge in [-0.1, -0.05) is 29.8 Å². The maximum atomic E-state index is 12.6. The number of hydrazone groups is 1. The second-order valence-corrected chi connectivity index (χ2v) is 10.9. The van der Waals surface area contributed by atoms with E-state index in [0.29, 0.717) is 32.1 Å². The molecule has 0 saturated heterocycles. The van der Waals surface area contributed by atoms with Crippen molar-refractivity contribution in [3.05, 3.63) is 139 Å². The van der Waals surface area contributed by atoms with Crippen LogP contribution in [0.5, 0.6) is 11.5 Å². The van der Waals surface area contributed by atoms with Gasteiger partial charge in [-0.05, 0) is 90.4 Å². The Morgan fingerprint density at radius 3 is 2.45 bits per heavy atom. The van der Waals surface area contributed by atoms with Gasteiger partial charge in [0.2, 0.25) is 5.75 Å². The van der Waals surface area contributed by atoms with Crippen LogP contribution in [0.3, 0.4) is 0 Å². The van der Waals surface area contributed by atoms with Crippen molar-refractivity contribution in [2.45, 2.75) is 27.1 Å². The Bertz CT molecular complexity index is 1830. The monoisotopic (exact) mass is 676 g/mol. The molecule has 1 amide bonds. The Morgan fingerprint density at radius 2 is 1.75 bits per heavy atom. The van der Waals surface area contributed by atoms with Crippen molar-refractivity contribution < 1.29 is 23.6 Å². The number of aryl methyl sites for hydroxylation is 2. The van der Waals surface area contributed by atoms with Crippen LogP contribution in [-0.2, 0) is 13.2 Å². The number of benzene rings is 3. The van der Waals surface area contributed by atoms with Gasteiger partial charge in [0.1, 0.15) is 24.7 Å².